The van der Waals surface area contributed by atoms with Gasteiger partial charge < -0.3 is 14.7 Å². The van der Waals surface area contributed by atoms with Crippen molar-refractivity contribution in [2.24, 2.45) is 0 Å². The van der Waals surface area contributed by atoms with E-state index in [9.17, 15) is 4.79 Å². The largest absolute Gasteiger partial charge is 0.357 e. The van der Waals surface area contributed by atoms with Crippen molar-refractivity contribution in [2.45, 2.75) is 71.4 Å². The van der Waals surface area contributed by atoms with Gasteiger partial charge >= 0.3 is 0 Å². The van der Waals surface area contributed by atoms with Crippen molar-refractivity contribution >= 4 is 5.78 Å². The van der Waals surface area contributed by atoms with Crippen LogP contribution in [-0.2, 0) is 4.79 Å². The Morgan fingerprint density at radius 2 is 1.90 bits per heavy atom. The molecule has 0 aromatic carbocycles. The molecule has 0 amide bonds. The van der Waals surface area contributed by atoms with Crippen LogP contribution in [0.15, 0.2) is 24.0 Å². The summed E-state index contributed by atoms with van der Waals surface area (Å²) in [5.41, 5.74) is 0. The van der Waals surface area contributed by atoms with Crippen LogP contribution in [0.5, 0.6) is 0 Å². The van der Waals surface area contributed by atoms with E-state index < -0.39 is 0 Å². The molecule has 2 fully saturated rings. The number of likely N-dealkylation sites (tertiary alicyclic amines) is 1. The molecule has 164 valence electrons. The standard InChI is InChI=1S/C24H42N4O/c1-4-5-9-23(29)20-28-13-7-6-10-24(28)27-15-8-14-26(18-19-27)22-11-16-25(17-12-22)21(2)3/h6-7,10,21-22H,4-5,8-9,11-20H2,1-3H3. The Hall–Kier alpha value is -1.33. The summed E-state index contributed by atoms with van der Waals surface area (Å²) in [5, 5.41) is 0. The molecule has 3 rings (SSSR count). The van der Waals surface area contributed by atoms with E-state index in [2.05, 4.69) is 58.6 Å². The first-order valence-electron chi connectivity index (χ1n) is 11.9. The first kappa shape index (κ1) is 22.4. The van der Waals surface area contributed by atoms with Crippen molar-refractivity contribution in [3.8, 4) is 0 Å². The first-order valence-corrected chi connectivity index (χ1v) is 11.9. The van der Waals surface area contributed by atoms with E-state index in [1.54, 1.807) is 0 Å². The van der Waals surface area contributed by atoms with Crippen molar-refractivity contribution in [1.29, 1.82) is 0 Å². The second kappa shape index (κ2) is 11.2. The van der Waals surface area contributed by atoms with E-state index in [4.69, 9.17) is 0 Å². The van der Waals surface area contributed by atoms with Gasteiger partial charge in [0.15, 0.2) is 5.78 Å². The zero-order chi connectivity index (χ0) is 20.6. The predicted molar refractivity (Wildman–Crippen MR) is 121 cm³/mol. The third-order valence-electron chi connectivity index (χ3n) is 6.81. The van der Waals surface area contributed by atoms with Gasteiger partial charge in [-0.25, -0.2) is 0 Å². The van der Waals surface area contributed by atoms with Gasteiger partial charge in [-0.3, -0.25) is 9.69 Å². The van der Waals surface area contributed by atoms with Gasteiger partial charge in [-0.2, -0.15) is 0 Å². The molecule has 0 saturated carbocycles. The van der Waals surface area contributed by atoms with Crippen molar-refractivity contribution in [2.75, 3.05) is 52.4 Å². The lowest BCUT2D eigenvalue weighted by molar-refractivity contribution is -0.120. The van der Waals surface area contributed by atoms with Crippen LogP contribution in [0.1, 0.15) is 59.3 Å². The molecule has 3 aliphatic rings. The Labute approximate surface area is 178 Å². The smallest absolute Gasteiger partial charge is 0.152 e. The van der Waals surface area contributed by atoms with Gasteiger partial charge in [0.25, 0.3) is 0 Å². The number of hydrogen-bond acceptors (Lipinski definition) is 5. The third-order valence-corrected chi connectivity index (χ3v) is 6.81. The first-order chi connectivity index (χ1) is 14.1. The minimum atomic E-state index is 0.376. The highest BCUT2D eigenvalue weighted by molar-refractivity contribution is 5.80. The Morgan fingerprint density at radius 3 is 2.62 bits per heavy atom. The fourth-order valence-electron chi connectivity index (χ4n) is 4.96. The number of carbonyl (C=O) groups is 1. The molecule has 0 spiro atoms. The summed E-state index contributed by atoms with van der Waals surface area (Å²) >= 11 is 0. The van der Waals surface area contributed by atoms with Gasteiger partial charge in [0.1, 0.15) is 5.82 Å². The molecule has 0 aliphatic carbocycles. The van der Waals surface area contributed by atoms with Crippen molar-refractivity contribution in [3.63, 3.8) is 0 Å². The van der Waals surface area contributed by atoms with E-state index in [0.29, 0.717) is 24.8 Å². The van der Waals surface area contributed by atoms with Crippen LogP contribution in [0.3, 0.4) is 0 Å². The fraction of sp³-hybridized carbons (Fsp3) is 0.792. The topological polar surface area (TPSA) is 30.0 Å². The fourth-order valence-corrected chi connectivity index (χ4v) is 4.96. The molecule has 0 aromatic heterocycles. The Balaban J connectivity index is 1.53. The summed E-state index contributed by atoms with van der Waals surface area (Å²) in [7, 11) is 0. The van der Waals surface area contributed by atoms with Crippen LogP contribution in [0, 0.1) is 0 Å². The zero-order valence-corrected chi connectivity index (χ0v) is 19.0. The zero-order valence-electron chi connectivity index (χ0n) is 19.0. The SMILES string of the molecule is CCCCC(=O)CN1CC=CC=C1N1CCCN(C2CCN(C(C)C)CC2)CC1. The lowest BCUT2D eigenvalue weighted by Crippen LogP contribution is -2.48. The van der Waals surface area contributed by atoms with E-state index in [1.807, 2.05) is 0 Å². The maximum atomic E-state index is 12.4. The molecule has 5 nitrogen and oxygen atoms in total. The highest BCUT2D eigenvalue weighted by Crippen LogP contribution is 2.22. The molecule has 29 heavy (non-hydrogen) atoms. The Morgan fingerprint density at radius 1 is 1.10 bits per heavy atom. The van der Waals surface area contributed by atoms with Crippen molar-refractivity contribution in [3.05, 3.63) is 24.0 Å². The Bertz CT molecular complexity index is 577. The van der Waals surface area contributed by atoms with Crippen LogP contribution >= 0.6 is 0 Å². The van der Waals surface area contributed by atoms with Crippen LogP contribution in [0.2, 0.25) is 0 Å². The minimum absolute atomic E-state index is 0.376. The highest BCUT2D eigenvalue weighted by Gasteiger charge is 2.28. The molecule has 2 saturated heterocycles. The number of hydrogen-bond donors (Lipinski definition) is 0. The summed E-state index contributed by atoms with van der Waals surface area (Å²) in [4.78, 5) is 22.6. The third kappa shape index (κ3) is 6.32. The molecule has 0 radical (unpaired) electrons. The number of Topliss-reactive ketones (excluding diaryl/α,β-unsaturated/α-hetero) is 1. The molecule has 0 N–H and O–H groups in total. The molecule has 3 aliphatic heterocycles. The lowest BCUT2D eigenvalue weighted by Gasteiger charge is -2.40. The molecule has 0 aromatic rings. The van der Waals surface area contributed by atoms with Crippen LogP contribution in [0.25, 0.3) is 0 Å². The number of rotatable bonds is 8. The quantitative estimate of drug-likeness (QED) is 0.621. The summed E-state index contributed by atoms with van der Waals surface area (Å²) < 4.78 is 0. The van der Waals surface area contributed by atoms with E-state index in [0.717, 1.165) is 45.1 Å². The molecule has 0 unspecified atom stereocenters. The van der Waals surface area contributed by atoms with Gasteiger partial charge in [0.2, 0.25) is 0 Å². The normalized spacial score (nSPS) is 22.8. The number of piperidine rings is 1. The number of unbranched alkanes of at least 4 members (excludes halogenated alkanes) is 1. The summed E-state index contributed by atoms with van der Waals surface area (Å²) in [5.74, 6) is 1.63. The van der Waals surface area contributed by atoms with Gasteiger partial charge in [-0.15, -0.1) is 0 Å². The maximum absolute atomic E-state index is 12.4. The van der Waals surface area contributed by atoms with Crippen LogP contribution < -0.4 is 0 Å². The van der Waals surface area contributed by atoms with Crippen molar-refractivity contribution in [1.82, 2.24) is 19.6 Å². The number of carbonyl (C=O) groups excluding carboxylic acids is 1. The van der Waals surface area contributed by atoms with E-state index in [-0.39, 0.29) is 0 Å². The lowest BCUT2D eigenvalue weighted by atomic mass is 10.0. The number of nitrogens with zero attached hydrogens (tertiary/aromatic N) is 4. The molecule has 3 heterocycles. The average molecular weight is 403 g/mol. The number of allylic oxidation sites excluding steroid dienone is 2. The molecular formula is C24H42N4O. The van der Waals surface area contributed by atoms with Crippen LogP contribution in [0.4, 0.5) is 0 Å². The predicted octanol–water partition coefficient (Wildman–Crippen LogP) is 3.34. The van der Waals surface area contributed by atoms with E-state index in [1.165, 1.54) is 44.7 Å². The van der Waals surface area contributed by atoms with Gasteiger partial charge in [-0.1, -0.05) is 25.5 Å². The second-order valence-corrected chi connectivity index (χ2v) is 9.21. The monoisotopic (exact) mass is 402 g/mol. The summed E-state index contributed by atoms with van der Waals surface area (Å²) in [6.07, 6.45) is 13.2. The summed E-state index contributed by atoms with van der Waals surface area (Å²) in [6.45, 7) is 15.2. The van der Waals surface area contributed by atoms with Crippen LogP contribution in [-0.4, -0.2) is 89.8 Å². The molecule has 0 atom stereocenters. The minimum Gasteiger partial charge on any atom is -0.357 e. The van der Waals surface area contributed by atoms with Gasteiger partial charge in [-0.05, 0) is 58.7 Å². The highest BCUT2D eigenvalue weighted by atomic mass is 16.1. The van der Waals surface area contributed by atoms with Gasteiger partial charge in [0.05, 0.1) is 6.54 Å². The van der Waals surface area contributed by atoms with Gasteiger partial charge in [0, 0.05) is 51.2 Å². The second-order valence-electron chi connectivity index (χ2n) is 9.21. The average Bonchev–Trinajstić information content (AvgIpc) is 2.99. The Kier molecular flexibility index (Phi) is 8.61. The van der Waals surface area contributed by atoms with E-state index >= 15 is 0 Å². The number of ketones is 1. The summed E-state index contributed by atoms with van der Waals surface area (Å²) in [6, 6.07) is 1.42. The maximum Gasteiger partial charge on any atom is 0.152 e. The molecule has 5 heteroatoms. The molecular weight excluding hydrogens is 360 g/mol. The van der Waals surface area contributed by atoms with Crippen molar-refractivity contribution < 1.29 is 4.79 Å². The molecule has 0 bridgehead atoms.